The van der Waals surface area contributed by atoms with Gasteiger partial charge in [0.25, 0.3) is 0 Å². The third-order valence-electron chi connectivity index (χ3n) is 3.06. The SMILES string of the molecule is O[C@H]1CC[C@H](CNc2ccc(OC(F)(F)F)cn2)C1. The molecule has 1 saturated carbocycles. The predicted octanol–water partition coefficient (Wildman–Crippen LogP) is 2.55. The Morgan fingerprint density at radius 2 is 2.16 bits per heavy atom. The molecule has 0 unspecified atom stereocenters. The molecule has 19 heavy (non-hydrogen) atoms. The molecule has 106 valence electrons. The lowest BCUT2D eigenvalue weighted by molar-refractivity contribution is -0.274. The van der Waals surface area contributed by atoms with Gasteiger partial charge >= 0.3 is 6.36 Å². The molecular formula is C12H15F3N2O2. The topological polar surface area (TPSA) is 54.4 Å². The summed E-state index contributed by atoms with van der Waals surface area (Å²) in [4.78, 5) is 3.84. The van der Waals surface area contributed by atoms with E-state index in [2.05, 4.69) is 15.0 Å². The summed E-state index contributed by atoms with van der Waals surface area (Å²) in [6.07, 6.45) is -1.40. The fourth-order valence-corrected chi connectivity index (χ4v) is 2.16. The highest BCUT2D eigenvalue weighted by atomic mass is 19.4. The molecule has 1 aliphatic rings. The number of aliphatic hydroxyl groups is 1. The summed E-state index contributed by atoms with van der Waals surface area (Å²) in [5.74, 6) is 0.535. The standard InChI is InChI=1S/C12H15F3N2O2/c13-12(14,15)19-10-3-4-11(17-7-10)16-6-8-1-2-9(18)5-8/h3-4,7-9,18H,1-2,5-6H2,(H,16,17)/t8-,9-/m0/s1. The smallest absolute Gasteiger partial charge is 0.404 e. The van der Waals surface area contributed by atoms with E-state index in [-0.39, 0.29) is 11.9 Å². The van der Waals surface area contributed by atoms with Crippen LogP contribution in [0.5, 0.6) is 5.75 Å². The maximum absolute atomic E-state index is 11.9. The number of anilines is 1. The Hall–Kier alpha value is -1.50. The van der Waals surface area contributed by atoms with E-state index in [4.69, 9.17) is 0 Å². The van der Waals surface area contributed by atoms with Crippen LogP contribution < -0.4 is 10.1 Å². The number of ether oxygens (including phenoxy) is 1. The van der Waals surface area contributed by atoms with Crippen LogP contribution in [0.15, 0.2) is 18.3 Å². The van der Waals surface area contributed by atoms with Gasteiger partial charge in [-0.2, -0.15) is 0 Å². The van der Waals surface area contributed by atoms with Crippen molar-refractivity contribution in [3.05, 3.63) is 18.3 Å². The largest absolute Gasteiger partial charge is 0.573 e. The Bertz CT molecular complexity index is 408. The molecule has 0 aromatic carbocycles. The van der Waals surface area contributed by atoms with Crippen molar-refractivity contribution in [1.82, 2.24) is 4.98 Å². The van der Waals surface area contributed by atoms with Crippen LogP contribution in [0, 0.1) is 5.92 Å². The molecule has 1 fully saturated rings. The highest BCUT2D eigenvalue weighted by Crippen LogP contribution is 2.26. The van der Waals surface area contributed by atoms with Crippen LogP contribution in [0.3, 0.4) is 0 Å². The van der Waals surface area contributed by atoms with Gasteiger partial charge in [0.15, 0.2) is 0 Å². The van der Waals surface area contributed by atoms with Gasteiger partial charge in [0.05, 0.1) is 12.3 Å². The molecule has 2 N–H and O–H groups in total. The van der Waals surface area contributed by atoms with Crippen molar-refractivity contribution in [2.45, 2.75) is 31.7 Å². The van der Waals surface area contributed by atoms with E-state index in [9.17, 15) is 18.3 Å². The van der Waals surface area contributed by atoms with Crippen LogP contribution >= 0.6 is 0 Å². The summed E-state index contributed by atoms with van der Waals surface area (Å²) in [7, 11) is 0. The molecule has 2 rings (SSSR count). The van der Waals surface area contributed by atoms with Crippen LogP contribution in [0.1, 0.15) is 19.3 Å². The maximum Gasteiger partial charge on any atom is 0.573 e. The average Bonchev–Trinajstić information content (AvgIpc) is 2.72. The second-order valence-electron chi connectivity index (χ2n) is 4.64. The Labute approximate surface area is 108 Å². The molecule has 1 aromatic rings. The summed E-state index contributed by atoms with van der Waals surface area (Å²) in [5.41, 5.74) is 0. The van der Waals surface area contributed by atoms with E-state index >= 15 is 0 Å². The van der Waals surface area contributed by atoms with Gasteiger partial charge in [-0.1, -0.05) is 0 Å². The molecule has 4 nitrogen and oxygen atoms in total. The average molecular weight is 276 g/mol. The molecule has 0 radical (unpaired) electrons. The quantitative estimate of drug-likeness (QED) is 0.887. The van der Waals surface area contributed by atoms with Gasteiger partial charge < -0.3 is 15.2 Å². The van der Waals surface area contributed by atoms with Crippen LogP contribution in [0.4, 0.5) is 19.0 Å². The summed E-state index contributed by atoms with van der Waals surface area (Å²) in [5, 5.41) is 12.4. The lowest BCUT2D eigenvalue weighted by Gasteiger charge is -2.12. The zero-order valence-electron chi connectivity index (χ0n) is 10.2. The van der Waals surface area contributed by atoms with E-state index < -0.39 is 6.36 Å². The zero-order chi connectivity index (χ0) is 13.9. The molecule has 1 aromatic heterocycles. The van der Waals surface area contributed by atoms with Crippen LogP contribution in [-0.2, 0) is 0 Å². The molecule has 0 saturated heterocycles. The highest BCUT2D eigenvalue weighted by molar-refractivity contribution is 5.37. The molecular weight excluding hydrogens is 261 g/mol. The van der Waals surface area contributed by atoms with Crippen molar-refractivity contribution in [3.63, 3.8) is 0 Å². The van der Waals surface area contributed by atoms with Crippen molar-refractivity contribution < 1.29 is 23.0 Å². The highest BCUT2D eigenvalue weighted by Gasteiger charge is 2.31. The lowest BCUT2D eigenvalue weighted by atomic mass is 10.1. The first-order valence-corrected chi connectivity index (χ1v) is 6.06. The number of nitrogens with zero attached hydrogens (tertiary/aromatic N) is 1. The Kier molecular flexibility index (Phi) is 4.14. The van der Waals surface area contributed by atoms with E-state index in [1.165, 1.54) is 12.1 Å². The van der Waals surface area contributed by atoms with E-state index in [0.717, 1.165) is 25.5 Å². The van der Waals surface area contributed by atoms with E-state index in [0.29, 0.717) is 18.3 Å². The minimum Gasteiger partial charge on any atom is -0.404 e. The normalized spacial score (nSPS) is 23.4. The Balaban J connectivity index is 1.82. The van der Waals surface area contributed by atoms with Gasteiger partial charge in [0, 0.05) is 6.54 Å². The van der Waals surface area contributed by atoms with Gasteiger partial charge in [0.2, 0.25) is 0 Å². The fourth-order valence-electron chi connectivity index (χ4n) is 2.16. The number of rotatable bonds is 4. The minimum absolute atomic E-state index is 0.234. The number of hydrogen-bond acceptors (Lipinski definition) is 4. The molecule has 7 heteroatoms. The molecule has 2 atom stereocenters. The Morgan fingerprint density at radius 1 is 1.37 bits per heavy atom. The molecule has 0 aliphatic heterocycles. The van der Waals surface area contributed by atoms with Crippen molar-refractivity contribution in [1.29, 1.82) is 0 Å². The maximum atomic E-state index is 11.9. The van der Waals surface area contributed by atoms with Gasteiger partial charge in [-0.15, -0.1) is 13.2 Å². The predicted molar refractivity (Wildman–Crippen MR) is 62.8 cm³/mol. The summed E-state index contributed by atoms with van der Waals surface area (Å²) in [6, 6.07) is 2.65. The fraction of sp³-hybridized carbons (Fsp3) is 0.583. The third kappa shape index (κ3) is 4.59. The summed E-state index contributed by atoms with van der Waals surface area (Å²) in [6.45, 7) is 0.656. The molecule has 1 aliphatic carbocycles. The van der Waals surface area contributed by atoms with Gasteiger partial charge in [-0.05, 0) is 37.3 Å². The lowest BCUT2D eigenvalue weighted by Crippen LogP contribution is -2.17. The Morgan fingerprint density at radius 3 is 2.68 bits per heavy atom. The van der Waals surface area contributed by atoms with Crippen molar-refractivity contribution in [3.8, 4) is 5.75 Å². The second kappa shape index (κ2) is 5.64. The van der Waals surface area contributed by atoms with Crippen molar-refractivity contribution in [2.24, 2.45) is 5.92 Å². The van der Waals surface area contributed by atoms with Crippen LogP contribution in [-0.4, -0.2) is 29.1 Å². The second-order valence-corrected chi connectivity index (χ2v) is 4.64. The number of aliphatic hydroxyl groups excluding tert-OH is 1. The number of pyridine rings is 1. The molecule has 1 heterocycles. The number of hydrogen-bond donors (Lipinski definition) is 2. The van der Waals surface area contributed by atoms with Gasteiger partial charge in [-0.3, -0.25) is 0 Å². The van der Waals surface area contributed by atoms with Crippen molar-refractivity contribution in [2.75, 3.05) is 11.9 Å². The van der Waals surface area contributed by atoms with Gasteiger partial charge in [-0.25, -0.2) is 4.98 Å². The number of nitrogens with one attached hydrogen (secondary N) is 1. The monoisotopic (exact) mass is 276 g/mol. The van der Waals surface area contributed by atoms with Crippen LogP contribution in [0.25, 0.3) is 0 Å². The minimum atomic E-state index is -4.70. The zero-order valence-corrected chi connectivity index (χ0v) is 10.2. The van der Waals surface area contributed by atoms with E-state index in [1.54, 1.807) is 0 Å². The first-order valence-electron chi connectivity index (χ1n) is 6.06. The number of alkyl halides is 3. The molecule has 0 bridgehead atoms. The van der Waals surface area contributed by atoms with Crippen molar-refractivity contribution >= 4 is 5.82 Å². The van der Waals surface area contributed by atoms with Crippen LogP contribution in [0.2, 0.25) is 0 Å². The molecule has 0 amide bonds. The molecule has 0 spiro atoms. The summed E-state index contributed by atoms with van der Waals surface area (Å²) < 4.78 is 39.6. The third-order valence-corrected chi connectivity index (χ3v) is 3.06. The first-order chi connectivity index (χ1) is 8.92. The summed E-state index contributed by atoms with van der Waals surface area (Å²) >= 11 is 0. The number of aromatic nitrogens is 1. The number of halogens is 3. The first kappa shape index (κ1) is 13.9. The van der Waals surface area contributed by atoms with Gasteiger partial charge in [0.1, 0.15) is 11.6 Å². The van der Waals surface area contributed by atoms with E-state index in [1.807, 2.05) is 0 Å².